The van der Waals surface area contributed by atoms with E-state index in [1.807, 2.05) is 6.92 Å². The van der Waals surface area contributed by atoms with E-state index in [0.29, 0.717) is 5.56 Å². The first-order chi connectivity index (χ1) is 14.2. The Bertz CT molecular complexity index is 1100. The van der Waals surface area contributed by atoms with Gasteiger partial charge in [-0.1, -0.05) is 29.5 Å². The number of thiocarbonyl (C=S) groups is 1. The Hall–Kier alpha value is -3.44. The number of aryl methyl sites for hydroxylation is 1. The first kappa shape index (κ1) is 21.3. The van der Waals surface area contributed by atoms with Crippen molar-refractivity contribution < 1.29 is 24.4 Å². The summed E-state index contributed by atoms with van der Waals surface area (Å²) in [6.45, 7) is 1.89. The third kappa shape index (κ3) is 4.26. The molecular formula is C19H15N3O6S2. The van der Waals surface area contributed by atoms with E-state index in [1.165, 1.54) is 19.3 Å². The molecule has 9 nitrogen and oxygen atoms in total. The number of phenolic OH excluding ortho intramolecular Hbond substituents is 1. The fourth-order valence-electron chi connectivity index (χ4n) is 2.58. The lowest BCUT2D eigenvalue weighted by Crippen LogP contribution is -2.44. The van der Waals surface area contributed by atoms with Crippen LogP contribution in [-0.2, 0) is 4.79 Å². The summed E-state index contributed by atoms with van der Waals surface area (Å²) >= 11 is 6.11. The number of nitro benzene ring substituents is 1. The van der Waals surface area contributed by atoms with Crippen molar-refractivity contribution in [2.45, 2.75) is 6.92 Å². The van der Waals surface area contributed by atoms with E-state index in [-0.39, 0.29) is 20.5 Å². The molecule has 0 aliphatic carbocycles. The second-order valence-corrected chi connectivity index (χ2v) is 7.85. The molecule has 0 spiro atoms. The Morgan fingerprint density at radius 2 is 2.00 bits per heavy atom. The van der Waals surface area contributed by atoms with Crippen LogP contribution in [0.2, 0.25) is 0 Å². The maximum atomic E-state index is 12.7. The summed E-state index contributed by atoms with van der Waals surface area (Å²) in [5.41, 5.74) is 3.49. The molecule has 2 aromatic carbocycles. The van der Waals surface area contributed by atoms with Crippen LogP contribution in [0.4, 0.5) is 5.69 Å². The third-order valence-corrected chi connectivity index (χ3v) is 5.41. The van der Waals surface area contributed by atoms with Crippen molar-refractivity contribution in [3.8, 4) is 11.5 Å². The van der Waals surface area contributed by atoms with Crippen LogP contribution < -0.4 is 10.2 Å². The number of nitrogens with one attached hydrogen (secondary N) is 1. The Kier molecular flexibility index (Phi) is 6.04. The standard InChI is InChI=1S/C19H15N3O6S2/c1-10-3-5-12(6-4-10)17(24)20-21-18(25)15(30-19(21)29)9-11-7-13(22(26)27)16(23)14(8-11)28-2/h3-9,23H,1-2H3,(H,20,24)/b15-9-. The molecule has 0 radical (unpaired) electrons. The van der Waals surface area contributed by atoms with Crippen LogP contribution in [-0.4, -0.2) is 38.3 Å². The number of hydrogen-bond donors (Lipinski definition) is 2. The zero-order valence-corrected chi connectivity index (χ0v) is 17.4. The van der Waals surface area contributed by atoms with Gasteiger partial charge in [0.05, 0.1) is 16.9 Å². The summed E-state index contributed by atoms with van der Waals surface area (Å²) in [7, 11) is 1.25. The molecule has 3 rings (SSSR count). The Morgan fingerprint density at radius 1 is 1.33 bits per heavy atom. The highest BCUT2D eigenvalue weighted by Crippen LogP contribution is 2.39. The topological polar surface area (TPSA) is 122 Å². The highest BCUT2D eigenvalue weighted by Gasteiger charge is 2.34. The van der Waals surface area contributed by atoms with Gasteiger partial charge in [0.25, 0.3) is 11.8 Å². The number of ether oxygens (including phenoxy) is 1. The molecule has 1 aliphatic heterocycles. The molecule has 2 N–H and O–H groups in total. The smallest absolute Gasteiger partial charge is 0.315 e. The number of aromatic hydroxyl groups is 1. The number of thioether (sulfide) groups is 1. The third-order valence-electron chi connectivity index (χ3n) is 4.11. The van der Waals surface area contributed by atoms with Gasteiger partial charge in [-0.2, -0.15) is 5.01 Å². The van der Waals surface area contributed by atoms with Gasteiger partial charge in [0.15, 0.2) is 10.1 Å². The number of rotatable bonds is 5. The maximum Gasteiger partial charge on any atom is 0.315 e. The van der Waals surface area contributed by atoms with Crippen LogP contribution in [0.25, 0.3) is 6.08 Å². The Labute approximate surface area is 180 Å². The molecule has 0 aromatic heterocycles. The number of nitrogens with zero attached hydrogens (tertiary/aromatic N) is 2. The number of carbonyl (C=O) groups excluding carboxylic acids is 2. The molecule has 0 saturated carbocycles. The van der Waals surface area contributed by atoms with E-state index in [1.54, 1.807) is 24.3 Å². The lowest BCUT2D eigenvalue weighted by Gasteiger charge is -2.15. The van der Waals surface area contributed by atoms with Crippen molar-refractivity contribution in [1.82, 2.24) is 10.4 Å². The van der Waals surface area contributed by atoms with Gasteiger partial charge in [-0.3, -0.25) is 25.1 Å². The largest absolute Gasteiger partial charge is 0.500 e. The Morgan fingerprint density at radius 3 is 2.60 bits per heavy atom. The summed E-state index contributed by atoms with van der Waals surface area (Å²) in [5, 5.41) is 22.0. The fourth-order valence-corrected chi connectivity index (χ4v) is 3.76. The molecule has 11 heteroatoms. The molecular weight excluding hydrogens is 430 g/mol. The number of phenols is 1. The lowest BCUT2D eigenvalue weighted by molar-refractivity contribution is -0.386. The SMILES string of the molecule is COc1cc(/C=C2\SC(=S)N(NC(=O)c3ccc(C)cc3)C2=O)cc([N+](=O)[O-])c1O. The van der Waals surface area contributed by atoms with Gasteiger partial charge in [0.2, 0.25) is 5.75 Å². The van der Waals surface area contributed by atoms with Gasteiger partial charge >= 0.3 is 5.69 Å². The summed E-state index contributed by atoms with van der Waals surface area (Å²) in [5.74, 6) is -1.81. The van der Waals surface area contributed by atoms with Gasteiger partial charge in [-0.15, -0.1) is 0 Å². The minimum Gasteiger partial charge on any atom is -0.500 e. The molecule has 0 unspecified atom stereocenters. The van der Waals surface area contributed by atoms with Crippen molar-refractivity contribution in [1.29, 1.82) is 0 Å². The van der Waals surface area contributed by atoms with Crippen LogP contribution in [0, 0.1) is 17.0 Å². The van der Waals surface area contributed by atoms with E-state index in [9.17, 15) is 24.8 Å². The summed E-state index contributed by atoms with van der Waals surface area (Å²) in [4.78, 5) is 35.6. The van der Waals surface area contributed by atoms with Gasteiger partial charge in [-0.25, -0.2) is 0 Å². The molecule has 154 valence electrons. The second kappa shape index (κ2) is 8.51. The predicted octanol–water partition coefficient (Wildman–Crippen LogP) is 3.16. The van der Waals surface area contributed by atoms with Crippen LogP contribution in [0.15, 0.2) is 41.3 Å². The zero-order chi connectivity index (χ0) is 22.0. The van der Waals surface area contributed by atoms with Crippen molar-refractivity contribution in [2.24, 2.45) is 0 Å². The number of benzene rings is 2. The number of nitro groups is 1. The zero-order valence-electron chi connectivity index (χ0n) is 15.7. The summed E-state index contributed by atoms with van der Waals surface area (Å²) in [6.07, 6.45) is 1.37. The van der Waals surface area contributed by atoms with Crippen molar-refractivity contribution in [2.75, 3.05) is 7.11 Å². The summed E-state index contributed by atoms with van der Waals surface area (Å²) in [6, 6.07) is 9.24. The quantitative estimate of drug-likeness (QED) is 0.311. The van der Waals surface area contributed by atoms with Crippen molar-refractivity contribution in [3.05, 3.63) is 68.1 Å². The molecule has 2 aromatic rings. The molecule has 1 fully saturated rings. The molecule has 1 saturated heterocycles. The van der Waals surface area contributed by atoms with Crippen LogP contribution in [0.3, 0.4) is 0 Å². The molecule has 0 atom stereocenters. The fraction of sp³-hybridized carbons (Fsp3) is 0.105. The van der Waals surface area contributed by atoms with Crippen LogP contribution >= 0.6 is 24.0 Å². The molecule has 1 aliphatic rings. The number of methoxy groups -OCH3 is 1. The number of hydrazine groups is 1. The number of carbonyl (C=O) groups is 2. The highest BCUT2D eigenvalue weighted by atomic mass is 32.2. The van der Waals surface area contributed by atoms with E-state index in [0.717, 1.165) is 28.4 Å². The van der Waals surface area contributed by atoms with E-state index < -0.39 is 28.2 Å². The van der Waals surface area contributed by atoms with Gasteiger partial charge in [0, 0.05) is 11.6 Å². The molecule has 0 bridgehead atoms. The first-order valence-electron chi connectivity index (χ1n) is 8.42. The van der Waals surface area contributed by atoms with Gasteiger partial charge in [-0.05, 0) is 49.0 Å². The molecule has 1 heterocycles. The van der Waals surface area contributed by atoms with Gasteiger partial charge in [0.1, 0.15) is 0 Å². The maximum absolute atomic E-state index is 12.7. The van der Waals surface area contributed by atoms with Crippen LogP contribution in [0.1, 0.15) is 21.5 Å². The van der Waals surface area contributed by atoms with Gasteiger partial charge < -0.3 is 9.84 Å². The van der Waals surface area contributed by atoms with E-state index in [2.05, 4.69) is 5.43 Å². The number of hydrogen-bond acceptors (Lipinski definition) is 8. The second-order valence-electron chi connectivity index (χ2n) is 6.17. The predicted molar refractivity (Wildman–Crippen MR) is 115 cm³/mol. The average molecular weight is 445 g/mol. The molecule has 30 heavy (non-hydrogen) atoms. The normalized spacial score (nSPS) is 14.9. The Balaban J connectivity index is 1.86. The minimum atomic E-state index is -0.762. The van der Waals surface area contributed by atoms with Crippen molar-refractivity contribution >= 4 is 51.9 Å². The van der Waals surface area contributed by atoms with Crippen molar-refractivity contribution in [3.63, 3.8) is 0 Å². The van der Waals surface area contributed by atoms with E-state index >= 15 is 0 Å². The highest BCUT2D eigenvalue weighted by molar-refractivity contribution is 8.26. The summed E-state index contributed by atoms with van der Waals surface area (Å²) < 4.78 is 5.06. The molecule has 2 amide bonds. The monoisotopic (exact) mass is 445 g/mol. The number of amides is 2. The van der Waals surface area contributed by atoms with E-state index in [4.69, 9.17) is 17.0 Å². The average Bonchev–Trinajstić information content (AvgIpc) is 2.96. The van der Waals surface area contributed by atoms with Crippen LogP contribution in [0.5, 0.6) is 11.5 Å². The minimum absolute atomic E-state index is 0.104. The first-order valence-corrected chi connectivity index (χ1v) is 9.64. The lowest BCUT2D eigenvalue weighted by atomic mass is 10.1.